The molecule has 26 heavy (non-hydrogen) atoms. The summed E-state index contributed by atoms with van der Waals surface area (Å²) < 4.78 is 48.8. The van der Waals surface area contributed by atoms with Crippen molar-refractivity contribution in [3.05, 3.63) is 28.8 Å². The van der Waals surface area contributed by atoms with Crippen LogP contribution < -0.4 is 5.48 Å². The summed E-state index contributed by atoms with van der Waals surface area (Å²) in [6.45, 7) is 1.65. The van der Waals surface area contributed by atoms with Gasteiger partial charge in [-0.2, -0.15) is 13.2 Å². The van der Waals surface area contributed by atoms with Crippen LogP contribution in [0.5, 0.6) is 0 Å². The summed E-state index contributed by atoms with van der Waals surface area (Å²) in [5, 5.41) is 0.203. The molecule has 1 saturated carbocycles. The monoisotopic (exact) mass is 391 g/mol. The standard InChI is InChI=1S/C17H21ClF3N3O2/c1-3-24-10-16(17(19,20)21,26-9-11-4-5-11)13-8-12(18)6-7-14(13)22-15(24)23-25-2/h6-8,11H,3-5,9-10H2,1-2H3,(H,22,23). The summed E-state index contributed by atoms with van der Waals surface area (Å²) in [5.41, 5.74) is 0.118. The van der Waals surface area contributed by atoms with Crippen LogP contribution in [0.4, 0.5) is 18.9 Å². The number of rotatable bonds is 5. The Balaban J connectivity index is 2.15. The van der Waals surface area contributed by atoms with Crippen LogP contribution in [0.1, 0.15) is 25.3 Å². The third-order valence-electron chi connectivity index (χ3n) is 4.63. The maximum absolute atomic E-state index is 14.4. The first kappa shape index (κ1) is 19.3. The van der Waals surface area contributed by atoms with Gasteiger partial charge in [0, 0.05) is 17.1 Å². The van der Waals surface area contributed by atoms with E-state index in [1.807, 2.05) is 0 Å². The fourth-order valence-electron chi connectivity index (χ4n) is 2.98. The van der Waals surface area contributed by atoms with Crippen molar-refractivity contribution in [1.82, 2.24) is 10.4 Å². The Hall–Kier alpha value is -1.51. The molecule has 0 radical (unpaired) electrons. The number of nitrogens with zero attached hydrogens (tertiary/aromatic N) is 2. The number of hydrogen-bond donors (Lipinski definition) is 1. The van der Waals surface area contributed by atoms with E-state index in [-0.39, 0.29) is 34.8 Å². The van der Waals surface area contributed by atoms with Gasteiger partial charge < -0.3 is 9.64 Å². The van der Waals surface area contributed by atoms with E-state index in [0.717, 1.165) is 12.8 Å². The highest BCUT2D eigenvalue weighted by molar-refractivity contribution is 6.30. The molecule has 0 saturated heterocycles. The lowest BCUT2D eigenvalue weighted by Crippen LogP contribution is -2.55. The van der Waals surface area contributed by atoms with Gasteiger partial charge in [-0.3, -0.25) is 4.84 Å². The largest absolute Gasteiger partial charge is 0.423 e. The molecule has 1 aliphatic heterocycles. The first-order valence-electron chi connectivity index (χ1n) is 8.44. The second kappa shape index (κ2) is 7.25. The van der Waals surface area contributed by atoms with Gasteiger partial charge in [-0.1, -0.05) is 11.6 Å². The first-order valence-corrected chi connectivity index (χ1v) is 8.82. The predicted molar refractivity (Wildman–Crippen MR) is 92.3 cm³/mol. The molecule has 0 amide bonds. The molecule has 1 fully saturated rings. The maximum atomic E-state index is 14.4. The number of aliphatic imine (C=N–C) groups is 1. The summed E-state index contributed by atoms with van der Waals surface area (Å²) >= 11 is 6.02. The topological polar surface area (TPSA) is 46.1 Å². The van der Waals surface area contributed by atoms with E-state index < -0.39 is 18.3 Å². The summed E-state index contributed by atoms with van der Waals surface area (Å²) in [6, 6.07) is 4.28. The smallest absolute Gasteiger partial charge is 0.359 e. The third-order valence-corrected chi connectivity index (χ3v) is 4.86. The van der Waals surface area contributed by atoms with Gasteiger partial charge in [0.05, 0.1) is 25.9 Å². The van der Waals surface area contributed by atoms with Gasteiger partial charge in [0.15, 0.2) is 0 Å². The van der Waals surface area contributed by atoms with Crippen LogP contribution in [0.2, 0.25) is 5.02 Å². The number of ether oxygens (including phenoxy) is 1. The van der Waals surface area contributed by atoms with Crippen molar-refractivity contribution in [2.24, 2.45) is 10.9 Å². The molecule has 144 valence electrons. The zero-order valence-electron chi connectivity index (χ0n) is 14.6. The Bertz CT molecular complexity index is 694. The van der Waals surface area contributed by atoms with Gasteiger partial charge in [0.1, 0.15) is 0 Å². The van der Waals surface area contributed by atoms with Gasteiger partial charge in [-0.25, -0.2) is 10.5 Å². The highest BCUT2D eigenvalue weighted by atomic mass is 35.5. The predicted octanol–water partition coefficient (Wildman–Crippen LogP) is 4.00. The number of likely N-dealkylation sites (N-methyl/N-ethyl adjacent to an activating group) is 1. The zero-order valence-corrected chi connectivity index (χ0v) is 15.3. The van der Waals surface area contributed by atoms with Crippen LogP contribution in [0.3, 0.4) is 0 Å². The van der Waals surface area contributed by atoms with Gasteiger partial charge in [-0.05, 0) is 43.9 Å². The van der Waals surface area contributed by atoms with E-state index in [0.29, 0.717) is 6.54 Å². The molecule has 1 aromatic carbocycles. The molecule has 0 aromatic heterocycles. The molecule has 2 aliphatic rings. The number of hydrogen-bond acceptors (Lipinski definition) is 5. The van der Waals surface area contributed by atoms with Crippen LogP contribution in [0.25, 0.3) is 0 Å². The van der Waals surface area contributed by atoms with E-state index in [1.165, 1.54) is 30.2 Å². The van der Waals surface area contributed by atoms with Crippen LogP contribution in [-0.4, -0.2) is 43.8 Å². The third kappa shape index (κ3) is 3.63. The van der Waals surface area contributed by atoms with E-state index in [4.69, 9.17) is 21.2 Å². The quantitative estimate of drug-likeness (QED) is 0.771. The highest BCUT2D eigenvalue weighted by Crippen LogP contribution is 2.49. The normalized spacial score (nSPS) is 23.3. The Morgan fingerprint density at radius 1 is 1.38 bits per heavy atom. The Kier molecular flexibility index (Phi) is 5.37. The number of benzene rings is 1. The van der Waals surface area contributed by atoms with E-state index in [2.05, 4.69) is 10.5 Å². The van der Waals surface area contributed by atoms with E-state index >= 15 is 0 Å². The highest BCUT2D eigenvalue weighted by Gasteiger charge is 2.60. The molecule has 0 bridgehead atoms. The average Bonchev–Trinajstić information content (AvgIpc) is 3.40. The molecule has 1 aliphatic carbocycles. The second-order valence-corrected chi connectivity index (χ2v) is 6.93. The minimum Gasteiger partial charge on any atom is -0.359 e. The molecular formula is C17H21ClF3N3O2. The SMILES string of the molecule is CCN1CC(OCC2CC2)(C(F)(F)F)c2cc(Cl)ccc2N=C1NOC. The molecule has 5 nitrogen and oxygen atoms in total. The van der Waals surface area contributed by atoms with E-state index in [9.17, 15) is 13.2 Å². The first-order chi connectivity index (χ1) is 12.3. The van der Waals surface area contributed by atoms with Crippen LogP contribution >= 0.6 is 11.6 Å². The number of guanidine groups is 1. The minimum absolute atomic E-state index is 0.0516. The average molecular weight is 392 g/mol. The summed E-state index contributed by atoms with van der Waals surface area (Å²) in [5.74, 6) is 0.368. The fourth-order valence-corrected chi connectivity index (χ4v) is 3.15. The molecule has 1 unspecified atom stereocenters. The van der Waals surface area contributed by atoms with Gasteiger partial charge in [-0.15, -0.1) is 0 Å². The molecule has 1 aromatic rings. The lowest BCUT2D eigenvalue weighted by molar-refractivity contribution is -0.288. The Morgan fingerprint density at radius 3 is 2.69 bits per heavy atom. The molecular weight excluding hydrogens is 371 g/mol. The Morgan fingerprint density at radius 2 is 2.12 bits per heavy atom. The van der Waals surface area contributed by atoms with Gasteiger partial charge in [0.25, 0.3) is 0 Å². The number of nitrogens with one attached hydrogen (secondary N) is 1. The number of alkyl halides is 3. The van der Waals surface area contributed by atoms with Crippen molar-refractivity contribution in [3.63, 3.8) is 0 Å². The van der Waals surface area contributed by atoms with E-state index in [1.54, 1.807) is 6.92 Å². The summed E-state index contributed by atoms with van der Waals surface area (Å²) in [7, 11) is 1.38. The van der Waals surface area contributed by atoms with Crippen LogP contribution in [0, 0.1) is 5.92 Å². The van der Waals surface area contributed by atoms with Crippen molar-refractivity contribution in [2.45, 2.75) is 31.5 Å². The maximum Gasteiger partial charge on any atom is 0.423 e. The van der Waals surface area contributed by atoms with Crippen LogP contribution in [0.15, 0.2) is 23.2 Å². The lowest BCUT2D eigenvalue weighted by Gasteiger charge is -2.39. The molecule has 1 atom stereocenters. The molecule has 9 heteroatoms. The summed E-state index contributed by atoms with van der Waals surface area (Å²) in [4.78, 5) is 10.7. The number of halogens is 4. The van der Waals surface area contributed by atoms with Gasteiger partial charge in [0.2, 0.25) is 11.6 Å². The fraction of sp³-hybridized carbons (Fsp3) is 0.588. The lowest BCUT2D eigenvalue weighted by atomic mass is 9.90. The van der Waals surface area contributed by atoms with Crippen molar-refractivity contribution in [2.75, 3.05) is 26.8 Å². The van der Waals surface area contributed by atoms with Crippen molar-refractivity contribution >= 4 is 23.2 Å². The van der Waals surface area contributed by atoms with Crippen molar-refractivity contribution in [3.8, 4) is 0 Å². The second-order valence-electron chi connectivity index (χ2n) is 6.50. The Labute approximate surface area is 155 Å². The van der Waals surface area contributed by atoms with Gasteiger partial charge >= 0.3 is 6.18 Å². The number of fused-ring (bicyclic) bond motifs is 1. The minimum atomic E-state index is -4.65. The molecule has 0 spiro atoms. The van der Waals surface area contributed by atoms with Crippen LogP contribution in [-0.2, 0) is 15.2 Å². The zero-order chi connectivity index (χ0) is 18.9. The number of hydroxylamine groups is 1. The van der Waals surface area contributed by atoms with Crippen molar-refractivity contribution < 1.29 is 22.7 Å². The summed E-state index contributed by atoms with van der Waals surface area (Å²) in [6.07, 6.45) is -2.87. The molecule has 1 N–H and O–H groups in total. The molecule has 3 rings (SSSR count). The van der Waals surface area contributed by atoms with Crippen molar-refractivity contribution in [1.29, 1.82) is 0 Å². The molecule has 1 heterocycles.